The first-order valence-corrected chi connectivity index (χ1v) is 8.69. The van der Waals surface area contributed by atoms with E-state index in [4.69, 9.17) is 4.74 Å². The molecule has 3 rings (SSSR count). The molecule has 2 aromatic carbocycles. The number of nitrogens with one attached hydrogen (secondary N) is 2. The molecule has 1 atom stereocenters. The number of para-hydroxylation sites is 1. The van der Waals surface area contributed by atoms with Crippen LogP contribution < -0.4 is 15.7 Å². The van der Waals surface area contributed by atoms with Crippen LogP contribution >= 0.6 is 15.9 Å². The molecule has 7 heteroatoms. The quantitative estimate of drug-likeness (QED) is 0.497. The molecule has 0 saturated carbocycles. The van der Waals surface area contributed by atoms with Gasteiger partial charge in [0.1, 0.15) is 5.75 Å². The molecule has 2 N–H and O–H groups in total. The normalized spacial score (nSPS) is 12.2. The third-order valence-corrected chi connectivity index (χ3v) is 4.18. The number of H-pyrrole nitrogens is 1. The number of hydrogen-bond donors (Lipinski definition) is 2. The summed E-state index contributed by atoms with van der Waals surface area (Å²) < 4.78 is 6.46. The Labute approximate surface area is 158 Å². The van der Waals surface area contributed by atoms with Crippen molar-refractivity contribution in [3.8, 4) is 5.75 Å². The van der Waals surface area contributed by atoms with E-state index in [-0.39, 0.29) is 5.56 Å². The van der Waals surface area contributed by atoms with E-state index in [0.29, 0.717) is 11.3 Å². The van der Waals surface area contributed by atoms with Crippen LogP contribution in [0.4, 0.5) is 0 Å². The first-order valence-electron chi connectivity index (χ1n) is 7.90. The number of nitrogens with zero attached hydrogens (tertiary/aromatic N) is 1. The Hall–Kier alpha value is -2.93. The molecule has 0 aliphatic carbocycles. The van der Waals surface area contributed by atoms with E-state index < -0.39 is 12.0 Å². The summed E-state index contributed by atoms with van der Waals surface area (Å²) in [4.78, 5) is 26.8. The van der Waals surface area contributed by atoms with E-state index in [9.17, 15) is 9.59 Å². The van der Waals surface area contributed by atoms with Crippen molar-refractivity contribution < 1.29 is 9.53 Å². The predicted molar refractivity (Wildman–Crippen MR) is 105 cm³/mol. The van der Waals surface area contributed by atoms with Crippen LogP contribution in [0.2, 0.25) is 0 Å². The lowest BCUT2D eigenvalue weighted by molar-refractivity contribution is -0.127. The molecule has 0 saturated heterocycles. The van der Waals surface area contributed by atoms with Crippen LogP contribution in [-0.4, -0.2) is 23.2 Å². The lowest BCUT2D eigenvalue weighted by Gasteiger charge is -2.12. The lowest BCUT2D eigenvalue weighted by atomic mass is 10.2. The van der Waals surface area contributed by atoms with Crippen molar-refractivity contribution in [2.75, 3.05) is 0 Å². The second kappa shape index (κ2) is 7.97. The number of ether oxygens (including phenoxy) is 1. The number of fused-ring (bicyclic) bond motifs is 1. The minimum absolute atomic E-state index is 0.277. The van der Waals surface area contributed by atoms with Crippen molar-refractivity contribution in [1.29, 1.82) is 0 Å². The number of aromatic amines is 1. The average Bonchev–Trinajstić information content (AvgIpc) is 2.63. The van der Waals surface area contributed by atoms with Gasteiger partial charge < -0.3 is 9.72 Å². The molecule has 1 aromatic heterocycles. The van der Waals surface area contributed by atoms with Gasteiger partial charge >= 0.3 is 0 Å². The monoisotopic (exact) mass is 413 g/mol. The zero-order valence-electron chi connectivity index (χ0n) is 13.9. The van der Waals surface area contributed by atoms with E-state index in [1.54, 1.807) is 25.1 Å². The molecule has 0 bridgehead atoms. The Morgan fingerprint density at radius 1 is 1.23 bits per heavy atom. The summed E-state index contributed by atoms with van der Waals surface area (Å²) in [7, 11) is 0. The topological polar surface area (TPSA) is 83.5 Å². The van der Waals surface area contributed by atoms with Crippen LogP contribution in [-0.2, 0) is 4.79 Å². The fourth-order valence-corrected chi connectivity index (χ4v) is 2.55. The molecule has 1 amide bonds. The van der Waals surface area contributed by atoms with Crippen molar-refractivity contribution in [1.82, 2.24) is 10.4 Å². The average molecular weight is 414 g/mol. The standard InChI is InChI=1S/C19H16BrN3O3/c1-12(26-16-8-6-15(20)7-9-16)18(24)23-21-11-14-10-13-4-2-3-5-17(13)22-19(14)25/h2-12H,1H3,(H,22,25)(H,23,24). The van der Waals surface area contributed by atoms with E-state index in [0.717, 1.165) is 15.4 Å². The van der Waals surface area contributed by atoms with Crippen LogP contribution in [0.15, 0.2) is 69.0 Å². The third kappa shape index (κ3) is 4.37. The van der Waals surface area contributed by atoms with Crippen LogP contribution in [0.1, 0.15) is 12.5 Å². The maximum atomic E-state index is 12.1. The van der Waals surface area contributed by atoms with Gasteiger partial charge in [-0.1, -0.05) is 34.1 Å². The van der Waals surface area contributed by atoms with Gasteiger partial charge in [0.25, 0.3) is 11.5 Å². The largest absolute Gasteiger partial charge is 0.481 e. The minimum Gasteiger partial charge on any atom is -0.481 e. The molecular formula is C19H16BrN3O3. The van der Waals surface area contributed by atoms with Crippen molar-refractivity contribution >= 4 is 39.0 Å². The van der Waals surface area contributed by atoms with E-state index in [1.807, 2.05) is 36.4 Å². The van der Waals surface area contributed by atoms with Gasteiger partial charge in [-0.15, -0.1) is 0 Å². The fourth-order valence-electron chi connectivity index (χ4n) is 2.29. The van der Waals surface area contributed by atoms with Crippen molar-refractivity contribution in [2.45, 2.75) is 13.0 Å². The number of halogens is 1. The molecule has 1 heterocycles. The molecule has 26 heavy (non-hydrogen) atoms. The first kappa shape index (κ1) is 17.9. The number of hydrogen-bond acceptors (Lipinski definition) is 4. The summed E-state index contributed by atoms with van der Waals surface area (Å²) in [6, 6.07) is 16.3. The van der Waals surface area contributed by atoms with Crippen LogP contribution in [0.25, 0.3) is 10.9 Å². The van der Waals surface area contributed by atoms with Crippen molar-refractivity contribution in [3.05, 3.63) is 75.0 Å². The molecular weight excluding hydrogens is 398 g/mol. The number of carbonyl (C=O) groups is 1. The Morgan fingerprint density at radius 3 is 2.73 bits per heavy atom. The molecule has 0 aliphatic heterocycles. The third-order valence-electron chi connectivity index (χ3n) is 3.66. The van der Waals surface area contributed by atoms with Crippen LogP contribution in [0, 0.1) is 0 Å². The predicted octanol–water partition coefficient (Wildman–Crippen LogP) is 3.21. The lowest BCUT2D eigenvalue weighted by Crippen LogP contribution is -2.33. The Bertz CT molecular complexity index is 1010. The minimum atomic E-state index is -0.733. The maximum Gasteiger partial charge on any atom is 0.280 e. The number of rotatable bonds is 5. The number of benzene rings is 2. The first-order chi connectivity index (χ1) is 12.5. The molecule has 0 spiro atoms. The smallest absolute Gasteiger partial charge is 0.280 e. The molecule has 1 unspecified atom stereocenters. The molecule has 3 aromatic rings. The highest BCUT2D eigenvalue weighted by atomic mass is 79.9. The van der Waals surface area contributed by atoms with Gasteiger partial charge in [-0.3, -0.25) is 9.59 Å². The summed E-state index contributed by atoms with van der Waals surface area (Å²) in [6.45, 7) is 1.62. The molecule has 0 radical (unpaired) electrons. The second-order valence-electron chi connectivity index (χ2n) is 5.59. The number of aromatic nitrogens is 1. The summed E-state index contributed by atoms with van der Waals surface area (Å²) in [5.41, 5.74) is 3.20. The van der Waals surface area contributed by atoms with Gasteiger partial charge in [0, 0.05) is 9.99 Å². The van der Waals surface area contributed by atoms with E-state index in [1.165, 1.54) is 6.21 Å². The summed E-state index contributed by atoms with van der Waals surface area (Å²) in [5, 5.41) is 4.74. The Morgan fingerprint density at radius 2 is 1.96 bits per heavy atom. The summed E-state index contributed by atoms with van der Waals surface area (Å²) in [6.07, 6.45) is 0.582. The molecule has 6 nitrogen and oxygen atoms in total. The van der Waals surface area contributed by atoms with Crippen LogP contribution in [0.3, 0.4) is 0 Å². The highest BCUT2D eigenvalue weighted by Gasteiger charge is 2.13. The van der Waals surface area contributed by atoms with Gasteiger partial charge in [-0.2, -0.15) is 5.10 Å². The van der Waals surface area contributed by atoms with Gasteiger partial charge in [0.05, 0.1) is 11.8 Å². The number of carbonyl (C=O) groups excluding carboxylic acids is 1. The van der Waals surface area contributed by atoms with Gasteiger partial charge in [-0.05, 0) is 48.7 Å². The van der Waals surface area contributed by atoms with E-state index in [2.05, 4.69) is 31.4 Å². The number of pyridine rings is 1. The fraction of sp³-hybridized carbons (Fsp3) is 0.105. The maximum absolute atomic E-state index is 12.1. The van der Waals surface area contributed by atoms with Gasteiger partial charge in [0.2, 0.25) is 0 Å². The summed E-state index contributed by atoms with van der Waals surface area (Å²) >= 11 is 3.34. The zero-order chi connectivity index (χ0) is 18.5. The zero-order valence-corrected chi connectivity index (χ0v) is 15.5. The SMILES string of the molecule is CC(Oc1ccc(Br)cc1)C(=O)NN=Cc1cc2ccccc2[nH]c1=O. The highest BCUT2D eigenvalue weighted by Crippen LogP contribution is 2.17. The Balaban J connectivity index is 1.64. The number of amides is 1. The molecule has 0 aliphatic rings. The highest BCUT2D eigenvalue weighted by molar-refractivity contribution is 9.10. The summed E-state index contributed by atoms with van der Waals surface area (Å²) in [5.74, 6) is 0.159. The second-order valence-corrected chi connectivity index (χ2v) is 6.50. The molecule has 0 fully saturated rings. The Kier molecular flexibility index (Phi) is 5.48. The van der Waals surface area contributed by atoms with Crippen LogP contribution in [0.5, 0.6) is 5.75 Å². The van der Waals surface area contributed by atoms with Crippen molar-refractivity contribution in [2.24, 2.45) is 5.10 Å². The molecule has 132 valence electrons. The van der Waals surface area contributed by atoms with E-state index >= 15 is 0 Å². The van der Waals surface area contributed by atoms with Crippen molar-refractivity contribution in [3.63, 3.8) is 0 Å². The van der Waals surface area contributed by atoms with Gasteiger partial charge in [0.15, 0.2) is 6.10 Å². The van der Waals surface area contributed by atoms with Gasteiger partial charge in [-0.25, -0.2) is 5.43 Å². The number of hydrazone groups is 1.